The second-order valence-corrected chi connectivity index (χ2v) is 1.62. The molecule has 0 bridgehead atoms. The van der Waals surface area contributed by atoms with E-state index in [0.29, 0.717) is 0 Å². The van der Waals surface area contributed by atoms with Crippen LogP contribution in [0.2, 0.25) is 0 Å². The highest BCUT2D eigenvalue weighted by Gasteiger charge is 1.75. The zero-order chi connectivity index (χ0) is 11.1. The van der Waals surface area contributed by atoms with Crippen LogP contribution in [0.25, 0.3) is 0 Å². The summed E-state index contributed by atoms with van der Waals surface area (Å²) in [4.78, 5) is 0. The fraction of sp³-hybridized carbons (Fsp3) is 0.500. The first-order valence-electron chi connectivity index (χ1n) is 4.96. The molecule has 0 aliphatic carbocycles. The summed E-state index contributed by atoms with van der Waals surface area (Å²) in [5.41, 5.74) is 0. The van der Waals surface area contributed by atoms with Gasteiger partial charge in [0.1, 0.15) is 5.76 Å². The van der Waals surface area contributed by atoms with Gasteiger partial charge in [-0.05, 0) is 26.0 Å². The van der Waals surface area contributed by atoms with E-state index in [0.717, 1.165) is 0 Å². The van der Waals surface area contributed by atoms with Crippen molar-refractivity contribution >= 4 is 0 Å². The molecule has 1 nitrogen and oxygen atoms in total. The molecule has 0 aliphatic rings. The van der Waals surface area contributed by atoms with Crippen molar-refractivity contribution in [3.8, 4) is 0 Å². The molecule has 0 aromatic rings. The van der Waals surface area contributed by atoms with E-state index in [1.54, 1.807) is 24.3 Å². The van der Waals surface area contributed by atoms with Crippen molar-refractivity contribution < 1.29 is 5.11 Å². The van der Waals surface area contributed by atoms with Crippen molar-refractivity contribution in [2.24, 2.45) is 0 Å². The fourth-order valence-electron chi connectivity index (χ4n) is 0.421. The van der Waals surface area contributed by atoms with Gasteiger partial charge < -0.3 is 5.11 Å². The van der Waals surface area contributed by atoms with Gasteiger partial charge in [0.05, 0.1) is 0 Å². The van der Waals surface area contributed by atoms with Crippen LogP contribution in [-0.4, -0.2) is 5.11 Å². The lowest BCUT2D eigenvalue weighted by Crippen LogP contribution is -1.68. The average Bonchev–Trinajstić information content (AvgIpc) is 2.21. The Hall–Kier alpha value is -0.980. The molecule has 0 rings (SSSR count). The van der Waals surface area contributed by atoms with E-state index in [4.69, 9.17) is 5.11 Å². The molecule has 0 saturated carbocycles. The van der Waals surface area contributed by atoms with E-state index in [9.17, 15) is 0 Å². The Morgan fingerprint density at radius 3 is 1.69 bits per heavy atom. The lowest BCUT2D eigenvalue weighted by molar-refractivity contribution is 0.432. The predicted octanol–water partition coefficient (Wildman–Crippen LogP) is 4.63. The topological polar surface area (TPSA) is 20.2 Å². The Balaban J connectivity index is -0.000000218. The van der Waals surface area contributed by atoms with Gasteiger partial charge in [0, 0.05) is 0 Å². The van der Waals surface area contributed by atoms with Crippen LogP contribution in [-0.2, 0) is 0 Å². The van der Waals surface area contributed by atoms with E-state index in [2.05, 4.69) is 0 Å². The number of aliphatic hydroxyl groups is 1. The molecular formula is C12H24O. The lowest BCUT2D eigenvalue weighted by Gasteiger charge is -1.83. The third kappa shape index (κ3) is 24.7. The monoisotopic (exact) mass is 184 g/mol. The predicted molar refractivity (Wildman–Crippen MR) is 63.0 cm³/mol. The van der Waals surface area contributed by atoms with Gasteiger partial charge >= 0.3 is 0 Å². The van der Waals surface area contributed by atoms with Crippen molar-refractivity contribution in [2.45, 2.75) is 41.5 Å². The molecule has 78 valence electrons. The Bertz CT molecular complexity index is 141. The second kappa shape index (κ2) is 22.5. The van der Waals surface area contributed by atoms with Gasteiger partial charge in [-0.1, -0.05) is 45.9 Å². The summed E-state index contributed by atoms with van der Waals surface area (Å²) in [7, 11) is 0. The third-order valence-electron chi connectivity index (χ3n) is 0.797. The molecule has 0 amide bonds. The summed E-state index contributed by atoms with van der Waals surface area (Å²) in [5.74, 6) is 0.288. The quantitative estimate of drug-likeness (QED) is 0.490. The Morgan fingerprint density at radius 1 is 0.923 bits per heavy atom. The molecule has 0 unspecified atom stereocenters. The van der Waals surface area contributed by atoms with E-state index < -0.39 is 0 Å². The lowest BCUT2D eigenvalue weighted by atomic mass is 10.4. The maximum absolute atomic E-state index is 8.90. The Morgan fingerprint density at radius 2 is 1.38 bits per heavy atom. The van der Waals surface area contributed by atoms with Crippen LogP contribution in [0, 0.1) is 0 Å². The minimum atomic E-state index is 0.288. The van der Waals surface area contributed by atoms with Crippen LogP contribution >= 0.6 is 0 Å². The first-order chi connectivity index (χ1) is 6.31. The van der Waals surface area contributed by atoms with Crippen molar-refractivity contribution in [1.82, 2.24) is 0 Å². The molecule has 0 aromatic carbocycles. The van der Waals surface area contributed by atoms with E-state index in [-0.39, 0.29) is 5.76 Å². The number of hydrogen-bond donors (Lipinski definition) is 1. The highest BCUT2D eigenvalue weighted by Crippen LogP contribution is 1.90. The normalized spacial score (nSPS) is 10.5. The summed E-state index contributed by atoms with van der Waals surface area (Å²) < 4.78 is 0. The highest BCUT2D eigenvalue weighted by atomic mass is 16.3. The molecule has 0 radical (unpaired) electrons. The largest absolute Gasteiger partial charge is 0.508 e. The first-order valence-corrected chi connectivity index (χ1v) is 4.96. The van der Waals surface area contributed by atoms with Gasteiger partial charge in [0.2, 0.25) is 0 Å². The standard InChI is InChI=1S/C8H12O.2C2H6/c1-3-5-7-8(9)6-4-2;2*1-2/h3-7,9H,1-2H3;2*1-2H3/b5-3-,6-4-,8-7+;;. The number of rotatable bonds is 2. The molecule has 0 aliphatic heterocycles. The summed E-state index contributed by atoms with van der Waals surface area (Å²) in [6.07, 6.45) is 8.71. The zero-order valence-electron chi connectivity index (χ0n) is 9.83. The average molecular weight is 184 g/mol. The maximum atomic E-state index is 8.90. The van der Waals surface area contributed by atoms with Gasteiger partial charge in [-0.3, -0.25) is 0 Å². The molecular weight excluding hydrogens is 160 g/mol. The van der Waals surface area contributed by atoms with E-state index in [1.807, 2.05) is 47.6 Å². The van der Waals surface area contributed by atoms with Gasteiger partial charge in [-0.15, -0.1) is 0 Å². The summed E-state index contributed by atoms with van der Waals surface area (Å²) in [6.45, 7) is 11.8. The highest BCUT2D eigenvalue weighted by molar-refractivity contribution is 5.15. The van der Waals surface area contributed by atoms with Crippen molar-refractivity contribution in [2.75, 3.05) is 0 Å². The first kappa shape index (κ1) is 17.9. The van der Waals surface area contributed by atoms with Gasteiger partial charge in [-0.25, -0.2) is 0 Å². The molecule has 0 heterocycles. The van der Waals surface area contributed by atoms with Gasteiger partial charge in [0.15, 0.2) is 0 Å². The van der Waals surface area contributed by atoms with Crippen LogP contribution in [0.3, 0.4) is 0 Å². The van der Waals surface area contributed by atoms with E-state index in [1.165, 1.54) is 0 Å². The molecule has 0 spiro atoms. The van der Waals surface area contributed by atoms with Crippen LogP contribution in [0.15, 0.2) is 36.1 Å². The minimum absolute atomic E-state index is 0.288. The smallest absolute Gasteiger partial charge is 0.115 e. The van der Waals surface area contributed by atoms with E-state index >= 15 is 0 Å². The molecule has 1 heteroatoms. The number of allylic oxidation sites excluding steroid dienone is 5. The van der Waals surface area contributed by atoms with Gasteiger partial charge in [-0.2, -0.15) is 0 Å². The van der Waals surface area contributed by atoms with Crippen LogP contribution in [0.4, 0.5) is 0 Å². The SMILES string of the molecule is CC.CC.C\C=C/C=C(O)\C=C/C. The number of aliphatic hydroxyl groups excluding tert-OH is 1. The fourth-order valence-corrected chi connectivity index (χ4v) is 0.421. The minimum Gasteiger partial charge on any atom is -0.508 e. The Labute approximate surface area is 83.5 Å². The molecule has 0 fully saturated rings. The van der Waals surface area contributed by atoms with Crippen molar-refractivity contribution in [3.05, 3.63) is 36.1 Å². The van der Waals surface area contributed by atoms with Crippen molar-refractivity contribution in [1.29, 1.82) is 0 Å². The molecule has 1 N–H and O–H groups in total. The third-order valence-corrected chi connectivity index (χ3v) is 0.797. The molecule has 13 heavy (non-hydrogen) atoms. The molecule has 0 atom stereocenters. The molecule has 0 saturated heterocycles. The van der Waals surface area contributed by atoms with Gasteiger partial charge in [0.25, 0.3) is 0 Å². The zero-order valence-corrected chi connectivity index (χ0v) is 9.83. The van der Waals surface area contributed by atoms with Crippen LogP contribution in [0.1, 0.15) is 41.5 Å². The van der Waals surface area contributed by atoms with Crippen molar-refractivity contribution in [3.63, 3.8) is 0 Å². The maximum Gasteiger partial charge on any atom is 0.115 e. The summed E-state index contributed by atoms with van der Waals surface area (Å²) >= 11 is 0. The molecule has 0 aromatic heterocycles. The summed E-state index contributed by atoms with van der Waals surface area (Å²) in [5, 5.41) is 8.90. The Kier molecular flexibility index (Phi) is 31.0. The second-order valence-electron chi connectivity index (χ2n) is 1.62. The number of hydrogen-bond acceptors (Lipinski definition) is 1. The summed E-state index contributed by atoms with van der Waals surface area (Å²) in [6, 6.07) is 0. The van der Waals surface area contributed by atoms with Crippen LogP contribution in [0.5, 0.6) is 0 Å². The van der Waals surface area contributed by atoms with Crippen LogP contribution < -0.4 is 0 Å².